The average Bonchev–Trinajstić information content (AvgIpc) is 2.17. The summed E-state index contributed by atoms with van der Waals surface area (Å²) >= 11 is 1.59. The molecule has 0 saturated carbocycles. The van der Waals surface area contributed by atoms with E-state index < -0.39 is 0 Å². The molecule has 1 heterocycles. The summed E-state index contributed by atoms with van der Waals surface area (Å²) in [6.07, 6.45) is 4.05. The number of thioether (sulfide) groups is 1. The van der Waals surface area contributed by atoms with Crippen molar-refractivity contribution in [3.63, 3.8) is 0 Å². The van der Waals surface area contributed by atoms with Crippen molar-refractivity contribution in [1.29, 1.82) is 0 Å². The van der Waals surface area contributed by atoms with Crippen molar-refractivity contribution in [2.45, 2.75) is 24.4 Å². The first kappa shape index (κ1) is 11.8. The normalized spacial score (nSPS) is 12.1. The summed E-state index contributed by atoms with van der Waals surface area (Å²) in [7, 11) is 0. The summed E-state index contributed by atoms with van der Waals surface area (Å²) in [6, 6.07) is 3.91. The molecule has 1 amide bonds. The van der Waals surface area contributed by atoms with Crippen molar-refractivity contribution in [3.8, 4) is 0 Å². The molecule has 0 bridgehead atoms. The van der Waals surface area contributed by atoms with Crippen molar-refractivity contribution in [1.82, 2.24) is 4.98 Å². The van der Waals surface area contributed by atoms with E-state index >= 15 is 0 Å². The number of anilines is 1. The average molecular weight is 225 g/mol. The maximum atomic E-state index is 10.7. The molecule has 0 aliphatic heterocycles. The predicted molar refractivity (Wildman–Crippen MR) is 62.9 cm³/mol. The quantitative estimate of drug-likeness (QED) is 0.745. The second-order valence-electron chi connectivity index (χ2n) is 3.31. The Balaban J connectivity index is 2.53. The van der Waals surface area contributed by atoms with Crippen LogP contribution in [0.25, 0.3) is 0 Å². The zero-order valence-electron chi connectivity index (χ0n) is 8.86. The van der Waals surface area contributed by atoms with Crippen LogP contribution in [0.3, 0.4) is 0 Å². The van der Waals surface area contributed by atoms with Crippen LogP contribution in [0.1, 0.15) is 13.3 Å². The van der Waals surface area contributed by atoms with Gasteiger partial charge in [0.2, 0.25) is 5.91 Å². The van der Waals surface area contributed by atoms with Gasteiger partial charge >= 0.3 is 0 Å². The second-order valence-corrected chi connectivity index (χ2v) is 4.13. The number of hydrogen-bond donors (Lipinski definition) is 2. The van der Waals surface area contributed by atoms with Crippen molar-refractivity contribution < 1.29 is 4.79 Å². The van der Waals surface area contributed by atoms with Gasteiger partial charge in [0.05, 0.1) is 16.9 Å². The van der Waals surface area contributed by atoms with Crippen LogP contribution in [0, 0.1) is 0 Å². The lowest BCUT2D eigenvalue weighted by atomic mass is 10.2. The largest absolute Gasteiger partial charge is 0.381 e. The highest BCUT2D eigenvalue weighted by Gasteiger charge is 2.05. The maximum Gasteiger partial charge on any atom is 0.219 e. The molecule has 0 saturated heterocycles. The van der Waals surface area contributed by atoms with Gasteiger partial charge in [-0.1, -0.05) is 0 Å². The lowest BCUT2D eigenvalue weighted by Gasteiger charge is -2.12. The molecule has 1 aromatic rings. The van der Waals surface area contributed by atoms with Gasteiger partial charge in [-0.3, -0.25) is 4.79 Å². The van der Waals surface area contributed by atoms with Gasteiger partial charge in [0.25, 0.3) is 0 Å². The van der Waals surface area contributed by atoms with Crippen LogP contribution in [-0.2, 0) is 4.79 Å². The van der Waals surface area contributed by atoms with Crippen LogP contribution in [0.4, 0.5) is 5.69 Å². The molecule has 1 unspecified atom stereocenters. The smallest absolute Gasteiger partial charge is 0.219 e. The number of rotatable bonds is 5. The minimum atomic E-state index is -0.302. The number of pyridine rings is 1. The molecule has 82 valence electrons. The molecule has 4 nitrogen and oxygen atoms in total. The molecule has 0 spiro atoms. The Morgan fingerprint density at radius 1 is 1.67 bits per heavy atom. The molecule has 1 aromatic heterocycles. The predicted octanol–water partition coefficient (Wildman–Crippen LogP) is 1.48. The number of hydrogen-bond acceptors (Lipinski definition) is 4. The van der Waals surface area contributed by atoms with Gasteiger partial charge in [0, 0.05) is 12.5 Å². The minimum absolute atomic E-state index is 0.0319. The number of primary amides is 1. The maximum absolute atomic E-state index is 10.7. The Morgan fingerprint density at radius 3 is 2.87 bits per heavy atom. The van der Waals surface area contributed by atoms with Gasteiger partial charge in [-0.2, -0.15) is 0 Å². The van der Waals surface area contributed by atoms with E-state index in [1.807, 2.05) is 25.3 Å². The fourth-order valence-corrected chi connectivity index (χ4v) is 1.59. The van der Waals surface area contributed by atoms with E-state index in [4.69, 9.17) is 5.73 Å². The third-order valence-electron chi connectivity index (χ3n) is 1.87. The van der Waals surface area contributed by atoms with E-state index in [0.717, 1.165) is 10.7 Å². The monoisotopic (exact) mass is 225 g/mol. The van der Waals surface area contributed by atoms with E-state index in [-0.39, 0.29) is 11.9 Å². The SMILES string of the molecule is CSc1ccc(NC(C)CC(N)=O)cn1. The molecule has 0 aliphatic rings. The van der Waals surface area contributed by atoms with Gasteiger partial charge in [0.15, 0.2) is 0 Å². The lowest BCUT2D eigenvalue weighted by molar-refractivity contribution is -0.118. The van der Waals surface area contributed by atoms with E-state index in [1.54, 1.807) is 18.0 Å². The third-order valence-corrected chi connectivity index (χ3v) is 2.53. The fraction of sp³-hybridized carbons (Fsp3) is 0.400. The number of nitrogens with one attached hydrogen (secondary N) is 1. The van der Waals surface area contributed by atoms with Crippen molar-refractivity contribution in [3.05, 3.63) is 18.3 Å². The molecule has 0 aromatic carbocycles. The van der Waals surface area contributed by atoms with E-state index in [0.29, 0.717) is 6.42 Å². The van der Waals surface area contributed by atoms with Gasteiger partial charge in [0.1, 0.15) is 0 Å². The molecule has 1 atom stereocenters. The molecule has 15 heavy (non-hydrogen) atoms. The second kappa shape index (κ2) is 5.60. The van der Waals surface area contributed by atoms with Crippen LogP contribution in [0.2, 0.25) is 0 Å². The Labute approximate surface area is 93.7 Å². The molecular formula is C10H15N3OS. The van der Waals surface area contributed by atoms with Gasteiger partial charge in [-0.15, -0.1) is 11.8 Å². The van der Waals surface area contributed by atoms with Gasteiger partial charge in [-0.25, -0.2) is 4.98 Å². The molecule has 5 heteroatoms. The number of carbonyl (C=O) groups excluding carboxylic acids is 1. The molecule has 3 N–H and O–H groups in total. The zero-order valence-corrected chi connectivity index (χ0v) is 9.67. The van der Waals surface area contributed by atoms with Crippen molar-refractivity contribution in [2.75, 3.05) is 11.6 Å². The number of nitrogens with zero attached hydrogens (tertiary/aromatic N) is 1. The first-order valence-electron chi connectivity index (χ1n) is 4.66. The molecule has 0 fully saturated rings. The van der Waals surface area contributed by atoms with Crippen LogP contribution < -0.4 is 11.1 Å². The van der Waals surface area contributed by atoms with Gasteiger partial charge in [-0.05, 0) is 25.3 Å². The molecular weight excluding hydrogens is 210 g/mol. The Morgan fingerprint density at radius 2 is 2.40 bits per heavy atom. The number of nitrogens with two attached hydrogens (primary N) is 1. The summed E-state index contributed by atoms with van der Waals surface area (Å²) in [6.45, 7) is 1.91. The Bertz CT molecular complexity index is 326. The number of carbonyl (C=O) groups is 1. The van der Waals surface area contributed by atoms with Crippen LogP contribution in [0.15, 0.2) is 23.4 Å². The lowest BCUT2D eigenvalue weighted by Crippen LogP contribution is -2.23. The first-order chi connectivity index (χ1) is 7.11. The van der Waals surface area contributed by atoms with Crippen molar-refractivity contribution >= 4 is 23.4 Å². The Hall–Kier alpha value is -1.23. The number of amides is 1. The molecule has 0 radical (unpaired) electrons. The first-order valence-corrected chi connectivity index (χ1v) is 5.89. The minimum Gasteiger partial charge on any atom is -0.381 e. The van der Waals surface area contributed by atoms with E-state index in [2.05, 4.69) is 10.3 Å². The summed E-state index contributed by atoms with van der Waals surface area (Å²) in [4.78, 5) is 14.9. The van der Waals surface area contributed by atoms with Crippen LogP contribution >= 0.6 is 11.8 Å². The van der Waals surface area contributed by atoms with Crippen molar-refractivity contribution in [2.24, 2.45) is 5.73 Å². The fourth-order valence-electron chi connectivity index (χ4n) is 1.22. The topological polar surface area (TPSA) is 68.0 Å². The Kier molecular flexibility index (Phi) is 4.42. The highest BCUT2D eigenvalue weighted by molar-refractivity contribution is 7.98. The zero-order chi connectivity index (χ0) is 11.3. The highest BCUT2D eigenvalue weighted by atomic mass is 32.2. The summed E-state index contributed by atoms with van der Waals surface area (Å²) in [5.41, 5.74) is 6.00. The molecule has 0 aliphatic carbocycles. The summed E-state index contributed by atoms with van der Waals surface area (Å²) in [5.74, 6) is -0.302. The van der Waals surface area contributed by atoms with E-state index in [9.17, 15) is 4.79 Å². The summed E-state index contributed by atoms with van der Waals surface area (Å²) < 4.78 is 0. The highest BCUT2D eigenvalue weighted by Crippen LogP contribution is 2.14. The van der Waals surface area contributed by atoms with Crippen LogP contribution in [-0.4, -0.2) is 23.2 Å². The number of aromatic nitrogens is 1. The van der Waals surface area contributed by atoms with E-state index in [1.165, 1.54) is 0 Å². The van der Waals surface area contributed by atoms with Crippen LogP contribution in [0.5, 0.6) is 0 Å². The standard InChI is InChI=1S/C10H15N3OS/c1-7(5-9(11)14)13-8-3-4-10(15-2)12-6-8/h3-4,6-7,13H,5H2,1-2H3,(H2,11,14). The summed E-state index contributed by atoms with van der Waals surface area (Å²) in [5, 5.41) is 4.13. The third kappa shape index (κ3) is 4.20. The van der Waals surface area contributed by atoms with Gasteiger partial charge < -0.3 is 11.1 Å². The molecule has 1 rings (SSSR count).